The summed E-state index contributed by atoms with van der Waals surface area (Å²) in [5, 5.41) is 0. The normalized spacial score (nSPS) is 26.7. The molecule has 0 spiro atoms. The third-order valence-corrected chi connectivity index (χ3v) is 11.4. The van der Waals surface area contributed by atoms with Gasteiger partial charge in [0.2, 0.25) is 0 Å². The van der Waals surface area contributed by atoms with Crippen molar-refractivity contribution in [2.45, 2.75) is 225 Å². The molecule has 2 bridgehead atoms. The summed E-state index contributed by atoms with van der Waals surface area (Å²) in [6, 6.07) is 0. The Morgan fingerprint density at radius 1 is 0.367 bits per heavy atom. The number of hydrogen-bond donors (Lipinski definition) is 0. The quantitative estimate of drug-likeness (QED) is 0.243. The SMILES string of the molecule is C1=CCCCCCCCC1.C1=CCCCCCCCC1.C1=CCCCCCCCC1.C1=CCCCCCCCC1.C=CC12C=CC(CC1)C2. The summed E-state index contributed by atoms with van der Waals surface area (Å²) in [5.74, 6) is 0.892. The van der Waals surface area contributed by atoms with Crippen LogP contribution in [-0.4, -0.2) is 0 Å². The molecule has 0 aromatic heterocycles. The minimum absolute atomic E-state index is 0.435. The largest absolute Gasteiger partial charge is 0.102 e. The first-order valence-corrected chi connectivity index (χ1v) is 22.3. The first kappa shape index (κ1) is 43.6. The van der Waals surface area contributed by atoms with Crippen LogP contribution in [0.25, 0.3) is 0 Å². The van der Waals surface area contributed by atoms with Crippen molar-refractivity contribution in [1.82, 2.24) is 0 Å². The van der Waals surface area contributed by atoms with E-state index < -0.39 is 0 Å². The Morgan fingerprint density at radius 3 is 0.755 bits per heavy atom. The maximum absolute atomic E-state index is 3.86. The minimum Gasteiger partial charge on any atom is -0.102 e. The molecule has 1 saturated carbocycles. The summed E-state index contributed by atoms with van der Waals surface area (Å²) in [6.07, 6.45) is 74.9. The van der Waals surface area contributed by atoms with E-state index in [-0.39, 0.29) is 0 Å². The van der Waals surface area contributed by atoms with Crippen LogP contribution in [0.2, 0.25) is 0 Å². The average Bonchev–Trinajstić information content (AvgIpc) is 3.78. The molecule has 0 nitrogen and oxygen atoms in total. The molecule has 2 atom stereocenters. The van der Waals surface area contributed by atoms with Crippen LogP contribution in [0.15, 0.2) is 73.4 Å². The Balaban J connectivity index is 0.000000213. The highest BCUT2D eigenvalue weighted by molar-refractivity contribution is 5.21. The number of fused-ring (bicyclic) bond motifs is 2. The zero-order chi connectivity index (χ0) is 34.6. The molecule has 0 aromatic rings. The minimum atomic E-state index is 0.435. The molecular formula is C49H84. The van der Waals surface area contributed by atoms with Gasteiger partial charge in [0, 0.05) is 5.41 Å². The monoisotopic (exact) mass is 673 g/mol. The number of allylic oxidation sites excluding steroid dienone is 11. The second-order valence-corrected chi connectivity index (χ2v) is 16.0. The van der Waals surface area contributed by atoms with Gasteiger partial charge in [0.25, 0.3) is 0 Å². The van der Waals surface area contributed by atoms with Crippen LogP contribution < -0.4 is 0 Å². The number of rotatable bonds is 1. The fraction of sp³-hybridized carbons (Fsp3) is 0.755. The number of hydrogen-bond acceptors (Lipinski definition) is 0. The third-order valence-electron chi connectivity index (χ3n) is 11.4. The molecule has 0 aliphatic heterocycles. The van der Waals surface area contributed by atoms with Crippen LogP contribution in [0, 0.1) is 11.3 Å². The van der Waals surface area contributed by atoms with Gasteiger partial charge in [-0.05, 0) is 128 Å². The summed E-state index contributed by atoms with van der Waals surface area (Å²) in [7, 11) is 0. The molecule has 0 amide bonds. The highest BCUT2D eigenvalue weighted by atomic mass is 14.4. The summed E-state index contributed by atoms with van der Waals surface area (Å²) >= 11 is 0. The van der Waals surface area contributed by atoms with E-state index >= 15 is 0 Å². The third kappa shape index (κ3) is 26.9. The topological polar surface area (TPSA) is 0 Å². The van der Waals surface area contributed by atoms with Gasteiger partial charge in [-0.25, -0.2) is 0 Å². The van der Waals surface area contributed by atoms with Gasteiger partial charge in [-0.2, -0.15) is 0 Å². The molecule has 0 N–H and O–H groups in total. The van der Waals surface area contributed by atoms with Crippen molar-refractivity contribution in [2.75, 3.05) is 0 Å². The van der Waals surface area contributed by atoms with Gasteiger partial charge in [-0.1, -0.05) is 170 Å². The summed E-state index contributed by atoms with van der Waals surface area (Å²) in [4.78, 5) is 0. The maximum atomic E-state index is 3.86. The molecule has 0 saturated heterocycles. The maximum Gasteiger partial charge on any atom is 0.00642 e. The molecule has 6 aliphatic rings. The van der Waals surface area contributed by atoms with Gasteiger partial charge in [0.15, 0.2) is 0 Å². The Morgan fingerprint density at radius 2 is 0.612 bits per heavy atom. The van der Waals surface area contributed by atoms with Crippen molar-refractivity contribution < 1.29 is 0 Å². The van der Waals surface area contributed by atoms with Crippen molar-refractivity contribution in [1.29, 1.82) is 0 Å². The summed E-state index contributed by atoms with van der Waals surface area (Å²) in [5.41, 5.74) is 0.435. The van der Waals surface area contributed by atoms with E-state index in [4.69, 9.17) is 0 Å². The lowest BCUT2D eigenvalue weighted by Gasteiger charge is -2.16. The molecule has 0 aromatic carbocycles. The van der Waals surface area contributed by atoms with Crippen molar-refractivity contribution in [3.63, 3.8) is 0 Å². The van der Waals surface area contributed by atoms with E-state index in [0.29, 0.717) is 5.41 Å². The lowest BCUT2D eigenvalue weighted by molar-refractivity contribution is 0.525. The lowest BCUT2D eigenvalue weighted by Crippen LogP contribution is -2.05. The van der Waals surface area contributed by atoms with E-state index in [1.807, 2.05) is 0 Å². The molecule has 0 radical (unpaired) electrons. The smallest absolute Gasteiger partial charge is 0.00642 e. The van der Waals surface area contributed by atoms with E-state index in [2.05, 4.69) is 73.4 Å². The van der Waals surface area contributed by atoms with Crippen LogP contribution in [0.4, 0.5) is 0 Å². The van der Waals surface area contributed by atoms with Gasteiger partial charge < -0.3 is 0 Å². The van der Waals surface area contributed by atoms with Gasteiger partial charge in [0.05, 0.1) is 0 Å². The highest BCUT2D eigenvalue weighted by Crippen LogP contribution is 2.49. The van der Waals surface area contributed by atoms with Crippen molar-refractivity contribution in [3.8, 4) is 0 Å². The van der Waals surface area contributed by atoms with Crippen molar-refractivity contribution in [3.05, 3.63) is 73.4 Å². The van der Waals surface area contributed by atoms with E-state index in [0.717, 1.165) is 5.92 Å². The zero-order valence-electron chi connectivity index (χ0n) is 32.9. The van der Waals surface area contributed by atoms with Crippen LogP contribution in [0.5, 0.6) is 0 Å². The highest BCUT2D eigenvalue weighted by Gasteiger charge is 2.37. The fourth-order valence-corrected chi connectivity index (χ4v) is 7.91. The average molecular weight is 673 g/mol. The van der Waals surface area contributed by atoms with Crippen LogP contribution >= 0.6 is 0 Å². The van der Waals surface area contributed by atoms with Crippen LogP contribution in [-0.2, 0) is 0 Å². The van der Waals surface area contributed by atoms with Crippen molar-refractivity contribution >= 4 is 0 Å². The second kappa shape index (κ2) is 33.6. The molecule has 6 rings (SSSR count). The van der Waals surface area contributed by atoms with E-state index in [1.165, 1.54) is 225 Å². The molecular weight excluding hydrogens is 589 g/mol. The molecule has 49 heavy (non-hydrogen) atoms. The van der Waals surface area contributed by atoms with Gasteiger partial charge >= 0.3 is 0 Å². The molecule has 0 heterocycles. The van der Waals surface area contributed by atoms with Gasteiger partial charge in [-0.15, -0.1) is 6.58 Å². The van der Waals surface area contributed by atoms with E-state index in [1.54, 1.807) is 0 Å². The molecule has 0 heteroatoms. The predicted molar refractivity (Wildman–Crippen MR) is 223 cm³/mol. The Bertz CT molecular complexity index is 714. The van der Waals surface area contributed by atoms with Crippen LogP contribution in [0.1, 0.15) is 225 Å². The fourth-order valence-electron chi connectivity index (χ4n) is 7.91. The van der Waals surface area contributed by atoms with Gasteiger partial charge in [-0.3, -0.25) is 0 Å². The zero-order valence-corrected chi connectivity index (χ0v) is 32.9. The molecule has 280 valence electrons. The Labute approximate surface area is 308 Å². The molecule has 2 unspecified atom stereocenters. The molecule has 6 aliphatic carbocycles. The Hall–Kier alpha value is -1.56. The van der Waals surface area contributed by atoms with Crippen molar-refractivity contribution in [2.24, 2.45) is 11.3 Å². The lowest BCUT2D eigenvalue weighted by atomic mass is 9.88. The summed E-state index contributed by atoms with van der Waals surface area (Å²) in [6.45, 7) is 3.86. The summed E-state index contributed by atoms with van der Waals surface area (Å²) < 4.78 is 0. The van der Waals surface area contributed by atoms with Crippen LogP contribution in [0.3, 0.4) is 0 Å². The Kier molecular flexibility index (Phi) is 29.9. The van der Waals surface area contributed by atoms with Gasteiger partial charge in [0.1, 0.15) is 0 Å². The molecule has 1 fully saturated rings. The first-order chi connectivity index (χ1) is 24.3. The van der Waals surface area contributed by atoms with E-state index in [9.17, 15) is 0 Å². The predicted octanol–water partition coefficient (Wildman–Crippen LogP) is 17.2. The standard InChI is InChI=1S/4C10H18.C9H12/c4*1-2-4-6-8-10-9-7-5-3-1;1-2-9-5-3-8(7-9)4-6-9/h4*1-2H,3-10H2;2-3,5,8H,1,4,6-7H2. The second-order valence-electron chi connectivity index (χ2n) is 16.0. The first-order valence-electron chi connectivity index (χ1n) is 22.3.